The molecule has 8 heteroatoms. The van der Waals surface area contributed by atoms with Gasteiger partial charge in [0.1, 0.15) is 11.1 Å². The first-order valence-corrected chi connectivity index (χ1v) is 10.8. The molecule has 1 unspecified atom stereocenters. The number of thiophene rings is 1. The van der Waals surface area contributed by atoms with E-state index in [4.69, 9.17) is 10.3 Å². The predicted octanol–water partition coefficient (Wildman–Crippen LogP) is 4.85. The third-order valence-electron chi connectivity index (χ3n) is 5.58. The van der Waals surface area contributed by atoms with Crippen LogP contribution in [0.25, 0.3) is 11.1 Å². The Hall–Kier alpha value is -3.57. The van der Waals surface area contributed by atoms with Crippen LogP contribution < -0.4 is 5.73 Å². The van der Waals surface area contributed by atoms with E-state index in [1.54, 1.807) is 12.1 Å². The molecule has 0 radical (unpaired) electrons. The largest absolute Gasteiger partial charge is 0.389 e. The van der Waals surface area contributed by atoms with E-state index in [0.29, 0.717) is 34.3 Å². The molecule has 0 spiro atoms. The summed E-state index contributed by atoms with van der Waals surface area (Å²) in [5.74, 6) is 0.650. The van der Waals surface area contributed by atoms with E-state index in [0.717, 1.165) is 40.8 Å². The minimum Gasteiger partial charge on any atom is -0.389 e. The Balaban J connectivity index is 1.36. The highest BCUT2D eigenvalue weighted by Crippen LogP contribution is 2.44. The van der Waals surface area contributed by atoms with Gasteiger partial charge in [0.15, 0.2) is 5.82 Å². The lowest BCUT2D eigenvalue weighted by Gasteiger charge is -2.18. The highest BCUT2D eigenvalue weighted by Gasteiger charge is 2.31. The quantitative estimate of drug-likeness (QED) is 0.464. The first kappa shape index (κ1) is 19.4. The SMILES string of the molecule is N#Cc1c(N)sc2c1CCCC2c1nc(Cc2ccc(-c3cccnc3F)cc2)no1. The highest BCUT2D eigenvalue weighted by atomic mass is 32.1. The molecule has 0 saturated carbocycles. The minimum absolute atomic E-state index is 0.0182. The molecule has 0 saturated heterocycles. The summed E-state index contributed by atoms with van der Waals surface area (Å²) >= 11 is 1.45. The number of nitrogens with two attached hydrogens (primary N) is 1. The molecule has 0 amide bonds. The number of benzene rings is 1. The number of nitriles is 1. The molecule has 1 aliphatic rings. The molecule has 4 aromatic rings. The van der Waals surface area contributed by atoms with Crippen molar-refractivity contribution in [1.29, 1.82) is 5.26 Å². The van der Waals surface area contributed by atoms with Gasteiger partial charge in [-0.25, -0.2) is 4.98 Å². The number of nitrogen functional groups attached to an aromatic ring is 1. The summed E-state index contributed by atoms with van der Waals surface area (Å²) in [6.45, 7) is 0. The summed E-state index contributed by atoms with van der Waals surface area (Å²) in [5, 5.41) is 14.1. The number of nitrogens with zero attached hydrogens (tertiary/aromatic N) is 4. The molecule has 5 rings (SSSR count). The van der Waals surface area contributed by atoms with Gasteiger partial charge in [-0.15, -0.1) is 11.3 Å². The molecule has 1 aromatic carbocycles. The lowest BCUT2D eigenvalue weighted by atomic mass is 9.87. The van der Waals surface area contributed by atoms with E-state index >= 15 is 0 Å². The van der Waals surface area contributed by atoms with Crippen LogP contribution in [0.3, 0.4) is 0 Å². The fraction of sp³-hybridized carbons (Fsp3) is 0.217. The summed E-state index contributed by atoms with van der Waals surface area (Å²) < 4.78 is 19.5. The normalized spacial score (nSPS) is 15.4. The summed E-state index contributed by atoms with van der Waals surface area (Å²) in [6, 6.07) is 13.2. The van der Waals surface area contributed by atoms with E-state index in [1.165, 1.54) is 17.5 Å². The van der Waals surface area contributed by atoms with E-state index in [-0.39, 0.29) is 5.92 Å². The molecule has 0 aliphatic heterocycles. The number of pyridine rings is 1. The Morgan fingerprint density at radius 2 is 2.10 bits per heavy atom. The first-order chi connectivity index (χ1) is 15.1. The molecule has 2 N–H and O–H groups in total. The van der Waals surface area contributed by atoms with Crippen molar-refractivity contribution >= 4 is 16.3 Å². The Labute approximate surface area is 182 Å². The second kappa shape index (κ2) is 7.93. The van der Waals surface area contributed by atoms with E-state index in [1.807, 2.05) is 24.3 Å². The van der Waals surface area contributed by atoms with Gasteiger partial charge in [-0.3, -0.25) is 0 Å². The number of hydrogen-bond acceptors (Lipinski definition) is 7. The maximum atomic E-state index is 13.9. The molecule has 6 nitrogen and oxygen atoms in total. The van der Waals surface area contributed by atoms with Crippen LogP contribution in [0.1, 0.15) is 52.0 Å². The van der Waals surface area contributed by atoms with Crippen molar-refractivity contribution < 1.29 is 8.91 Å². The highest BCUT2D eigenvalue weighted by molar-refractivity contribution is 7.16. The molecule has 0 bridgehead atoms. The standard InChI is InChI=1S/C23H18FN5OS/c24-21-15(5-2-10-27-21)14-8-6-13(7-9-14)11-19-28-23(30-29-19)17-4-1-3-16-18(12-25)22(26)31-20(16)17/h2,5-10,17H,1,3-4,11,26H2. The van der Waals surface area contributed by atoms with Crippen molar-refractivity contribution in [2.75, 3.05) is 5.73 Å². The van der Waals surface area contributed by atoms with Gasteiger partial charge in [-0.05, 0) is 48.1 Å². The van der Waals surface area contributed by atoms with Gasteiger partial charge in [-0.2, -0.15) is 14.6 Å². The summed E-state index contributed by atoms with van der Waals surface area (Å²) in [6.07, 6.45) is 4.64. The Morgan fingerprint density at radius 3 is 2.87 bits per heavy atom. The number of aromatic nitrogens is 3. The van der Waals surface area contributed by atoms with E-state index < -0.39 is 5.95 Å². The van der Waals surface area contributed by atoms with E-state index in [9.17, 15) is 9.65 Å². The van der Waals surface area contributed by atoms with Gasteiger partial charge in [-0.1, -0.05) is 29.4 Å². The number of hydrogen-bond donors (Lipinski definition) is 1. The molecule has 0 fully saturated rings. The smallest absolute Gasteiger partial charge is 0.235 e. The third-order valence-corrected chi connectivity index (χ3v) is 6.76. The van der Waals surface area contributed by atoms with Crippen molar-refractivity contribution in [2.24, 2.45) is 0 Å². The van der Waals surface area contributed by atoms with Crippen LogP contribution >= 0.6 is 11.3 Å². The zero-order valence-electron chi connectivity index (χ0n) is 16.5. The van der Waals surface area contributed by atoms with Gasteiger partial charge in [0.25, 0.3) is 0 Å². The Bertz CT molecular complexity index is 1290. The molecule has 31 heavy (non-hydrogen) atoms. The van der Waals surface area contributed by atoms with Gasteiger partial charge in [0, 0.05) is 23.1 Å². The van der Waals surface area contributed by atoms with Crippen molar-refractivity contribution in [3.8, 4) is 17.2 Å². The van der Waals surface area contributed by atoms with Crippen molar-refractivity contribution in [2.45, 2.75) is 31.6 Å². The molecule has 1 atom stereocenters. The van der Waals surface area contributed by atoms with Gasteiger partial charge in [0.2, 0.25) is 11.8 Å². The van der Waals surface area contributed by atoms with Crippen LogP contribution in [-0.4, -0.2) is 15.1 Å². The number of anilines is 1. The third kappa shape index (κ3) is 3.57. The van der Waals surface area contributed by atoms with Gasteiger partial charge < -0.3 is 10.3 Å². The average Bonchev–Trinajstić information content (AvgIpc) is 3.37. The predicted molar refractivity (Wildman–Crippen MR) is 115 cm³/mol. The number of fused-ring (bicyclic) bond motifs is 1. The average molecular weight is 431 g/mol. The zero-order valence-corrected chi connectivity index (χ0v) is 17.3. The van der Waals surface area contributed by atoms with Crippen molar-refractivity contribution in [3.05, 3.63) is 81.8 Å². The lowest BCUT2D eigenvalue weighted by molar-refractivity contribution is 0.352. The summed E-state index contributed by atoms with van der Waals surface area (Å²) in [5.41, 5.74) is 9.89. The zero-order chi connectivity index (χ0) is 21.4. The fourth-order valence-corrected chi connectivity index (χ4v) is 5.27. The van der Waals surface area contributed by atoms with Crippen molar-refractivity contribution in [1.82, 2.24) is 15.1 Å². The second-order valence-electron chi connectivity index (χ2n) is 7.51. The van der Waals surface area contributed by atoms with Crippen LogP contribution in [0.5, 0.6) is 0 Å². The monoisotopic (exact) mass is 431 g/mol. The van der Waals surface area contributed by atoms with Crippen LogP contribution in [0.15, 0.2) is 47.1 Å². The first-order valence-electron chi connectivity index (χ1n) is 9.97. The second-order valence-corrected chi connectivity index (χ2v) is 8.59. The van der Waals surface area contributed by atoms with Gasteiger partial charge >= 0.3 is 0 Å². The Morgan fingerprint density at radius 1 is 1.26 bits per heavy atom. The molecule has 154 valence electrons. The maximum Gasteiger partial charge on any atom is 0.235 e. The van der Waals surface area contributed by atoms with Crippen LogP contribution in [-0.2, 0) is 12.8 Å². The molecular weight excluding hydrogens is 413 g/mol. The maximum absolute atomic E-state index is 13.9. The van der Waals surface area contributed by atoms with Crippen LogP contribution in [0.2, 0.25) is 0 Å². The lowest BCUT2D eigenvalue weighted by Crippen LogP contribution is -2.09. The van der Waals surface area contributed by atoms with Gasteiger partial charge in [0.05, 0.1) is 11.5 Å². The minimum atomic E-state index is -0.487. The molecule has 1 aliphatic carbocycles. The van der Waals surface area contributed by atoms with Crippen molar-refractivity contribution in [3.63, 3.8) is 0 Å². The molecular formula is C23H18FN5OS. The Kier molecular flexibility index (Phi) is 4.96. The number of halogens is 1. The fourth-order valence-electron chi connectivity index (χ4n) is 4.07. The molecule has 3 aromatic heterocycles. The summed E-state index contributed by atoms with van der Waals surface area (Å²) in [7, 11) is 0. The van der Waals surface area contributed by atoms with E-state index in [2.05, 4.69) is 21.2 Å². The number of rotatable bonds is 4. The summed E-state index contributed by atoms with van der Waals surface area (Å²) in [4.78, 5) is 9.39. The topological polar surface area (TPSA) is 102 Å². The van der Waals surface area contributed by atoms with Crippen LogP contribution in [0.4, 0.5) is 9.39 Å². The van der Waals surface area contributed by atoms with Crippen LogP contribution in [0, 0.1) is 17.3 Å². The molecule has 3 heterocycles.